The van der Waals surface area contributed by atoms with Crippen LogP contribution in [0.3, 0.4) is 0 Å². The third-order valence-electron chi connectivity index (χ3n) is 5.82. The molecule has 1 saturated heterocycles. The quantitative estimate of drug-likeness (QED) is 0.576. The number of rotatable bonds is 3. The van der Waals surface area contributed by atoms with Crippen LogP contribution in [0.15, 0.2) is 43.0 Å². The summed E-state index contributed by atoms with van der Waals surface area (Å²) in [4.78, 5) is 19.2. The number of amides is 1. The first-order valence-electron chi connectivity index (χ1n) is 9.24. The fourth-order valence-electron chi connectivity index (χ4n) is 4.65. The van der Waals surface area contributed by atoms with Gasteiger partial charge >= 0.3 is 0 Å². The summed E-state index contributed by atoms with van der Waals surface area (Å²) < 4.78 is 14.2. The van der Waals surface area contributed by atoms with E-state index in [1.807, 2.05) is 6.08 Å². The van der Waals surface area contributed by atoms with Crippen molar-refractivity contribution < 1.29 is 9.18 Å². The second-order valence-corrected chi connectivity index (χ2v) is 8.06. The van der Waals surface area contributed by atoms with Crippen molar-refractivity contribution in [3.63, 3.8) is 0 Å². The van der Waals surface area contributed by atoms with Gasteiger partial charge in [0.1, 0.15) is 16.1 Å². The molecule has 4 rings (SSSR count). The number of hydrogen-bond donors (Lipinski definition) is 1. The van der Waals surface area contributed by atoms with Crippen LogP contribution in [0.1, 0.15) is 35.2 Å². The molecular formula is C21H20Cl2FN3O. The first kappa shape index (κ1) is 19.4. The minimum atomic E-state index is -0.312. The van der Waals surface area contributed by atoms with Crippen LogP contribution in [-0.2, 0) is 5.41 Å². The molecule has 1 aromatic carbocycles. The molecule has 0 bridgehead atoms. The summed E-state index contributed by atoms with van der Waals surface area (Å²) in [5, 5.41) is 3.69. The maximum absolute atomic E-state index is 14.2. The SMILES string of the molecule is C=CCC1N(C(=O)c2cc(Cl)nc(Cl)c2)c2ccc(F)cc2C12CCNCC2. The molecule has 1 aromatic heterocycles. The van der Waals surface area contributed by atoms with Crippen LogP contribution in [0, 0.1) is 5.82 Å². The monoisotopic (exact) mass is 419 g/mol. The number of fused-ring (bicyclic) bond motifs is 2. The Hall–Kier alpha value is -1.95. The highest BCUT2D eigenvalue weighted by atomic mass is 35.5. The molecule has 2 aromatic rings. The Morgan fingerprint density at radius 2 is 1.96 bits per heavy atom. The first-order chi connectivity index (χ1) is 13.5. The summed E-state index contributed by atoms with van der Waals surface area (Å²) >= 11 is 12.0. The lowest BCUT2D eigenvalue weighted by Crippen LogP contribution is -2.51. The molecule has 1 fully saturated rings. The van der Waals surface area contributed by atoms with Crippen LogP contribution in [0.4, 0.5) is 10.1 Å². The summed E-state index contributed by atoms with van der Waals surface area (Å²) in [6.07, 6.45) is 4.07. The van der Waals surface area contributed by atoms with Crippen molar-refractivity contribution in [1.82, 2.24) is 10.3 Å². The average Bonchev–Trinajstić information content (AvgIpc) is 2.91. The van der Waals surface area contributed by atoms with E-state index in [-0.39, 0.29) is 33.5 Å². The van der Waals surface area contributed by atoms with E-state index in [9.17, 15) is 9.18 Å². The summed E-state index contributed by atoms with van der Waals surface area (Å²) in [5.41, 5.74) is 1.68. The largest absolute Gasteiger partial charge is 0.317 e. The first-order valence-corrected chi connectivity index (χ1v) is 10.00. The Balaban J connectivity index is 1.88. The van der Waals surface area contributed by atoms with Crippen molar-refractivity contribution in [2.45, 2.75) is 30.7 Å². The van der Waals surface area contributed by atoms with E-state index >= 15 is 0 Å². The number of piperidine rings is 1. The van der Waals surface area contributed by atoms with Gasteiger partial charge in [0.15, 0.2) is 0 Å². The molecule has 4 nitrogen and oxygen atoms in total. The molecule has 3 heterocycles. The third-order valence-corrected chi connectivity index (χ3v) is 6.21. The van der Waals surface area contributed by atoms with E-state index in [1.165, 1.54) is 18.2 Å². The third kappa shape index (κ3) is 3.11. The van der Waals surface area contributed by atoms with Gasteiger partial charge in [0.05, 0.1) is 6.04 Å². The zero-order chi connectivity index (χ0) is 19.9. The van der Waals surface area contributed by atoms with Gasteiger partial charge < -0.3 is 10.2 Å². The fraction of sp³-hybridized carbons (Fsp3) is 0.333. The standard InChI is InChI=1S/C21H20Cl2FN3O/c1-2-3-17-21(6-8-25-9-7-21)15-12-14(24)4-5-16(15)27(17)20(28)13-10-18(22)26-19(23)11-13/h2,4-5,10-12,17,25H,1,3,6-9H2. The molecule has 0 radical (unpaired) electrons. The number of carbonyl (C=O) groups is 1. The number of halogens is 3. The van der Waals surface area contributed by atoms with Crippen LogP contribution in [-0.4, -0.2) is 30.0 Å². The zero-order valence-electron chi connectivity index (χ0n) is 15.2. The number of pyridine rings is 1. The molecule has 28 heavy (non-hydrogen) atoms. The molecule has 1 spiro atoms. The Kier molecular flexibility index (Phi) is 5.17. The summed E-state index contributed by atoms with van der Waals surface area (Å²) in [6, 6.07) is 7.55. The maximum Gasteiger partial charge on any atom is 0.258 e. The maximum atomic E-state index is 14.2. The van der Waals surface area contributed by atoms with E-state index in [0.717, 1.165) is 37.2 Å². The Morgan fingerprint density at radius 3 is 2.61 bits per heavy atom. The summed E-state index contributed by atoms with van der Waals surface area (Å²) in [6.45, 7) is 5.53. The molecule has 2 aliphatic heterocycles. The van der Waals surface area contributed by atoms with Crippen LogP contribution in [0.25, 0.3) is 0 Å². The van der Waals surface area contributed by atoms with Crippen molar-refractivity contribution in [2.24, 2.45) is 0 Å². The normalized spacial score (nSPS) is 20.2. The van der Waals surface area contributed by atoms with Gasteiger partial charge in [-0.05, 0) is 68.2 Å². The topological polar surface area (TPSA) is 45.2 Å². The molecule has 0 saturated carbocycles. The van der Waals surface area contributed by atoms with Gasteiger partial charge in [-0.2, -0.15) is 0 Å². The van der Waals surface area contributed by atoms with Crippen LogP contribution < -0.4 is 10.2 Å². The Labute approximate surface area is 173 Å². The number of nitrogens with zero attached hydrogens (tertiary/aromatic N) is 2. The van der Waals surface area contributed by atoms with Crippen molar-refractivity contribution >= 4 is 34.8 Å². The van der Waals surface area contributed by atoms with Crippen LogP contribution in [0.5, 0.6) is 0 Å². The predicted octanol–water partition coefficient (Wildman–Crippen LogP) is 4.75. The van der Waals surface area contributed by atoms with Gasteiger partial charge in [0.25, 0.3) is 5.91 Å². The fourth-order valence-corrected chi connectivity index (χ4v) is 5.11. The van der Waals surface area contributed by atoms with E-state index < -0.39 is 0 Å². The molecular weight excluding hydrogens is 400 g/mol. The van der Waals surface area contributed by atoms with Gasteiger partial charge in [0.2, 0.25) is 0 Å². The van der Waals surface area contributed by atoms with Gasteiger partial charge in [-0.3, -0.25) is 4.79 Å². The Morgan fingerprint density at radius 1 is 1.29 bits per heavy atom. The molecule has 0 aliphatic carbocycles. The molecule has 2 aliphatic rings. The highest BCUT2D eigenvalue weighted by Crippen LogP contribution is 2.52. The minimum Gasteiger partial charge on any atom is -0.317 e. The number of hydrogen-bond acceptors (Lipinski definition) is 3. The molecule has 1 unspecified atom stereocenters. The molecule has 146 valence electrons. The van der Waals surface area contributed by atoms with Gasteiger partial charge in [-0.25, -0.2) is 9.37 Å². The highest BCUT2D eigenvalue weighted by Gasteiger charge is 2.52. The average molecular weight is 420 g/mol. The van der Waals surface area contributed by atoms with Crippen molar-refractivity contribution in [3.05, 3.63) is 70.2 Å². The molecule has 7 heteroatoms. The van der Waals surface area contributed by atoms with Gasteiger partial charge in [-0.1, -0.05) is 29.3 Å². The van der Waals surface area contributed by atoms with Gasteiger partial charge in [-0.15, -0.1) is 6.58 Å². The summed E-state index contributed by atoms with van der Waals surface area (Å²) in [7, 11) is 0. The van der Waals surface area contributed by atoms with E-state index in [2.05, 4.69) is 16.9 Å². The lowest BCUT2D eigenvalue weighted by molar-refractivity contribution is 0.0964. The van der Waals surface area contributed by atoms with Crippen molar-refractivity contribution in [1.29, 1.82) is 0 Å². The second-order valence-electron chi connectivity index (χ2n) is 7.28. The van der Waals surface area contributed by atoms with Crippen LogP contribution >= 0.6 is 23.2 Å². The minimum absolute atomic E-state index is 0.151. The molecule has 1 atom stereocenters. The summed E-state index contributed by atoms with van der Waals surface area (Å²) in [5.74, 6) is -0.514. The Bertz CT molecular complexity index is 923. The van der Waals surface area contributed by atoms with E-state index in [0.29, 0.717) is 12.0 Å². The molecule has 1 N–H and O–H groups in total. The molecule has 1 amide bonds. The van der Waals surface area contributed by atoms with Crippen LogP contribution in [0.2, 0.25) is 10.3 Å². The van der Waals surface area contributed by atoms with Crippen molar-refractivity contribution in [2.75, 3.05) is 18.0 Å². The number of carbonyl (C=O) groups excluding carboxylic acids is 1. The highest BCUT2D eigenvalue weighted by molar-refractivity contribution is 6.33. The predicted molar refractivity (Wildman–Crippen MR) is 110 cm³/mol. The number of anilines is 1. The van der Waals surface area contributed by atoms with E-state index in [4.69, 9.17) is 23.2 Å². The van der Waals surface area contributed by atoms with Crippen molar-refractivity contribution in [3.8, 4) is 0 Å². The number of benzene rings is 1. The second kappa shape index (κ2) is 7.47. The number of aromatic nitrogens is 1. The smallest absolute Gasteiger partial charge is 0.258 e. The zero-order valence-corrected chi connectivity index (χ0v) is 16.7. The lowest BCUT2D eigenvalue weighted by atomic mass is 9.69. The lowest BCUT2D eigenvalue weighted by Gasteiger charge is -2.41. The number of nitrogens with one attached hydrogen (secondary N) is 1. The van der Waals surface area contributed by atoms with E-state index in [1.54, 1.807) is 17.0 Å². The van der Waals surface area contributed by atoms with Gasteiger partial charge in [0, 0.05) is 16.7 Å².